The fourth-order valence-electron chi connectivity index (χ4n) is 2.46. The van der Waals surface area contributed by atoms with Crippen LogP contribution in [0, 0.1) is 0 Å². The van der Waals surface area contributed by atoms with Crippen LogP contribution in [0.1, 0.15) is 24.2 Å². The number of morpholine rings is 1. The Morgan fingerprint density at radius 2 is 2.00 bits per heavy atom. The van der Waals surface area contributed by atoms with Crippen LogP contribution in [-0.4, -0.2) is 49.6 Å². The molecule has 0 amide bonds. The van der Waals surface area contributed by atoms with Gasteiger partial charge in [-0.05, 0) is 26.0 Å². The number of ether oxygens (including phenoxy) is 2. The van der Waals surface area contributed by atoms with Gasteiger partial charge in [0.05, 0.1) is 17.8 Å². The second-order valence-electron chi connectivity index (χ2n) is 5.02. The summed E-state index contributed by atoms with van der Waals surface area (Å²) in [4.78, 5) is 13.2. The summed E-state index contributed by atoms with van der Waals surface area (Å²) in [6, 6.07) is 7.30. The maximum Gasteiger partial charge on any atom is 0.153 e. The molecule has 1 aromatic rings. The Morgan fingerprint density at radius 3 is 2.68 bits per heavy atom. The lowest BCUT2D eigenvalue weighted by Crippen LogP contribution is -2.46. The number of carbonyl (C=O) groups excluding carboxylic acids is 1. The molecule has 1 fully saturated rings. The average Bonchev–Trinajstić information content (AvgIpc) is 2.38. The monoisotopic (exact) mass is 263 g/mol. The van der Waals surface area contributed by atoms with Gasteiger partial charge >= 0.3 is 0 Å². The molecular weight excluding hydrogens is 242 g/mol. The van der Waals surface area contributed by atoms with Gasteiger partial charge in [0.25, 0.3) is 0 Å². The highest BCUT2D eigenvalue weighted by Crippen LogP contribution is 2.16. The first-order chi connectivity index (χ1) is 9.19. The minimum absolute atomic E-state index is 0.269. The number of hydrogen-bond acceptors (Lipinski definition) is 4. The third-order valence-corrected chi connectivity index (χ3v) is 3.21. The smallest absolute Gasteiger partial charge is 0.153 e. The molecule has 1 aromatic carbocycles. The van der Waals surface area contributed by atoms with E-state index in [0.29, 0.717) is 17.9 Å². The standard InChI is InChI=1S/C15H21NO3/c1-12-9-16(10-13(2)19-12)7-8-18-15-6-4-3-5-14(15)11-17/h3-6,11-13H,7-10H2,1-2H3. The fraction of sp³-hybridized carbons (Fsp3) is 0.533. The Hall–Kier alpha value is -1.39. The lowest BCUT2D eigenvalue weighted by molar-refractivity contribution is -0.0699. The summed E-state index contributed by atoms with van der Waals surface area (Å²) in [5.41, 5.74) is 0.603. The summed E-state index contributed by atoms with van der Waals surface area (Å²) in [6.07, 6.45) is 1.37. The third-order valence-electron chi connectivity index (χ3n) is 3.21. The van der Waals surface area contributed by atoms with Crippen LogP contribution in [0.25, 0.3) is 0 Å². The van der Waals surface area contributed by atoms with Gasteiger partial charge in [-0.15, -0.1) is 0 Å². The van der Waals surface area contributed by atoms with Crippen LogP contribution in [-0.2, 0) is 4.74 Å². The van der Waals surface area contributed by atoms with Crippen molar-refractivity contribution < 1.29 is 14.3 Å². The number of rotatable bonds is 5. The molecule has 0 N–H and O–H groups in total. The number of carbonyl (C=O) groups is 1. The lowest BCUT2D eigenvalue weighted by atomic mass is 10.2. The number of benzene rings is 1. The molecular formula is C15H21NO3. The van der Waals surface area contributed by atoms with E-state index in [1.54, 1.807) is 6.07 Å². The van der Waals surface area contributed by atoms with E-state index in [9.17, 15) is 4.79 Å². The Balaban J connectivity index is 1.81. The zero-order chi connectivity index (χ0) is 13.7. The molecule has 2 unspecified atom stereocenters. The zero-order valence-electron chi connectivity index (χ0n) is 11.5. The van der Waals surface area contributed by atoms with Gasteiger partial charge in [-0.1, -0.05) is 12.1 Å². The molecule has 0 bridgehead atoms. The van der Waals surface area contributed by atoms with E-state index in [-0.39, 0.29) is 12.2 Å². The van der Waals surface area contributed by atoms with Crippen molar-refractivity contribution in [3.63, 3.8) is 0 Å². The number of hydrogen-bond donors (Lipinski definition) is 0. The predicted octanol–water partition coefficient (Wildman–Crippen LogP) is 1.99. The van der Waals surface area contributed by atoms with Crippen molar-refractivity contribution in [2.45, 2.75) is 26.1 Å². The van der Waals surface area contributed by atoms with Crippen LogP contribution in [0.15, 0.2) is 24.3 Å². The van der Waals surface area contributed by atoms with Crippen molar-refractivity contribution >= 4 is 6.29 Å². The molecule has 1 aliphatic rings. The first-order valence-electron chi connectivity index (χ1n) is 6.74. The van der Waals surface area contributed by atoms with Crippen LogP contribution in [0.5, 0.6) is 5.75 Å². The van der Waals surface area contributed by atoms with E-state index >= 15 is 0 Å². The number of aldehydes is 1. The van der Waals surface area contributed by atoms with Crippen molar-refractivity contribution in [1.29, 1.82) is 0 Å². The molecule has 19 heavy (non-hydrogen) atoms. The highest BCUT2D eigenvalue weighted by atomic mass is 16.5. The fourth-order valence-corrected chi connectivity index (χ4v) is 2.46. The van der Waals surface area contributed by atoms with Crippen LogP contribution in [0.3, 0.4) is 0 Å². The first kappa shape index (κ1) is 14.0. The highest BCUT2D eigenvalue weighted by Gasteiger charge is 2.21. The second kappa shape index (κ2) is 6.68. The molecule has 2 rings (SSSR count). The van der Waals surface area contributed by atoms with Gasteiger partial charge in [0.15, 0.2) is 6.29 Å². The average molecular weight is 263 g/mol. The van der Waals surface area contributed by atoms with Crippen LogP contribution >= 0.6 is 0 Å². The molecule has 4 heteroatoms. The van der Waals surface area contributed by atoms with E-state index in [4.69, 9.17) is 9.47 Å². The molecule has 104 valence electrons. The summed E-state index contributed by atoms with van der Waals surface area (Å²) in [5.74, 6) is 0.659. The Morgan fingerprint density at radius 1 is 1.32 bits per heavy atom. The number of para-hydroxylation sites is 1. The van der Waals surface area contributed by atoms with Crippen molar-refractivity contribution in [3.8, 4) is 5.75 Å². The molecule has 1 heterocycles. The molecule has 1 aliphatic heterocycles. The van der Waals surface area contributed by atoms with E-state index in [2.05, 4.69) is 18.7 Å². The summed E-state index contributed by atoms with van der Waals surface area (Å²) in [6.45, 7) is 7.48. The second-order valence-corrected chi connectivity index (χ2v) is 5.02. The van der Waals surface area contributed by atoms with Gasteiger partial charge in [-0.2, -0.15) is 0 Å². The molecule has 2 atom stereocenters. The maximum atomic E-state index is 10.9. The molecule has 4 nitrogen and oxygen atoms in total. The highest BCUT2D eigenvalue weighted by molar-refractivity contribution is 5.79. The minimum atomic E-state index is 0.269. The van der Waals surface area contributed by atoms with E-state index in [0.717, 1.165) is 25.9 Å². The molecule has 1 saturated heterocycles. The van der Waals surface area contributed by atoms with Gasteiger partial charge < -0.3 is 9.47 Å². The zero-order valence-corrected chi connectivity index (χ0v) is 11.5. The van der Waals surface area contributed by atoms with Gasteiger partial charge in [-0.3, -0.25) is 9.69 Å². The van der Waals surface area contributed by atoms with Gasteiger partial charge in [0.2, 0.25) is 0 Å². The van der Waals surface area contributed by atoms with Crippen molar-refractivity contribution in [2.75, 3.05) is 26.2 Å². The molecule has 0 saturated carbocycles. The van der Waals surface area contributed by atoms with Gasteiger partial charge in [0, 0.05) is 19.6 Å². The third kappa shape index (κ3) is 4.04. The predicted molar refractivity (Wildman–Crippen MR) is 73.8 cm³/mol. The SMILES string of the molecule is CC1CN(CCOc2ccccc2C=O)CC(C)O1. The molecule has 0 radical (unpaired) electrons. The lowest BCUT2D eigenvalue weighted by Gasteiger charge is -2.35. The van der Waals surface area contributed by atoms with Crippen LogP contribution < -0.4 is 4.74 Å². The number of nitrogens with zero attached hydrogens (tertiary/aromatic N) is 1. The normalized spacial score (nSPS) is 24.1. The van der Waals surface area contributed by atoms with Crippen LogP contribution in [0.4, 0.5) is 0 Å². The molecule has 0 aliphatic carbocycles. The van der Waals surface area contributed by atoms with E-state index in [1.807, 2.05) is 18.2 Å². The topological polar surface area (TPSA) is 38.8 Å². The quantitative estimate of drug-likeness (QED) is 0.762. The van der Waals surface area contributed by atoms with E-state index in [1.165, 1.54) is 0 Å². The largest absolute Gasteiger partial charge is 0.492 e. The summed E-state index contributed by atoms with van der Waals surface area (Å²) in [5, 5.41) is 0. The summed E-state index contributed by atoms with van der Waals surface area (Å²) >= 11 is 0. The van der Waals surface area contributed by atoms with Crippen LogP contribution in [0.2, 0.25) is 0 Å². The van der Waals surface area contributed by atoms with Crippen molar-refractivity contribution in [3.05, 3.63) is 29.8 Å². The first-order valence-corrected chi connectivity index (χ1v) is 6.74. The summed E-state index contributed by atoms with van der Waals surface area (Å²) in [7, 11) is 0. The molecule has 0 spiro atoms. The Kier molecular flexibility index (Phi) is 4.93. The van der Waals surface area contributed by atoms with E-state index < -0.39 is 0 Å². The maximum absolute atomic E-state index is 10.9. The minimum Gasteiger partial charge on any atom is -0.492 e. The van der Waals surface area contributed by atoms with Gasteiger partial charge in [-0.25, -0.2) is 0 Å². The Bertz CT molecular complexity index is 412. The Labute approximate surface area is 114 Å². The molecule has 0 aromatic heterocycles. The summed E-state index contributed by atoms with van der Waals surface area (Å²) < 4.78 is 11.4. The van der Waals surface area contributed by atoms with Crippen molar-refractivity contribution in [2.24, 2.45) is 0 Å². The van der Waals surface area contributed by atoms with Gasteiger partial charge in [0.1, 0.15) is 12.4 Å². The van der Waals surface area contributed by atoms with Crippen molar-refractivity contribution in [1.82, 2.24) is 4.90 Å².